The SMILES string of the molecule is CN=C(NCc1cccc(NC(C)=O)c1)N1CCC(N2CCOCC2)C1.I. The lowest BCUT2D eigenvalue weighted by molar-refractivity contribution is -0.114. The molecule has 1 atom stereocenters. The standard InChI is InChI=1S/C19H29N5O2.HI/c1-15(25)22-17-5-3-4-16(12-17)13-21-19(20-2)24-7-6-18(14-24)23-8-10-26-11-9-23;/h3-5,12,18H,6-11,13-14H2,1-2H3,(H,20,21)(H,22,25);1H. The molecule has 2 saturated heterocycles. The number of likely N-dealkylation sites (tertiary alicyclic amines) is 1. The second-order valence-electron chi connectivity index (χ2n) is 6.82. The highest BCUT2D eigenvalue weighted by Crippen LogP contribution is 2.17. The number of carbonyl (C=O) groups excluding carboxylic acids is 1. The van der Waals surface area contributed by atoms with Gasteiger partial charge in [-0.25, -0.2) is 0 Å². The number of hydrogen-bond acceptors (Lipinski definition) is 4. The first-order valence-corrected chi connectivity index (χ1v) is 9.29. The topological polar surface area (TPSA) is 69.2 Å². The van der Waals surface area contributed by atoms with Crippen LogP contribution >= 0.6 is 24.0 Å². The van der Waals surface area contributed by atoms with Crippen LogP contribution in [-0.4, -0.2) is 74.1 Å². The molecule has 2 N–H and O–H groups in total. The first kappa shape index (κ1) is 21.9. The molecule has 27 heavy (non-hydrogen) atoms. The summed E-state index contributed by atoms with van der Waals surface area (Å²) in [6.07, 6.45) is 1.17. The highest BCUT2D eigenvalue weighted by molar-refractivity contribution is 14.0. The molecular formula is C19H30IN5O2. The smallest absolute Gasteiger partial charge is 0.221 e. The molecular weight excluding hydrogens is 457 g/mol. The van der Waals surface area contributed by atoms with Gasteiger partial charge in [0.25, 0.3) is 0 Å². The highest BCUT2D eigenvalue weighted by atomic mass is 127. The van der Waals surface area contributed by atoms with Gasteiger partial charge in [-0.05, 0) is 24.1 Å². The molecule has 0 bridgehead atoms. The predicted molar refractivity (Wildman–Crippen MR) is 119 cm³/mol. The summed E-state index contributed by atoms with van der Waals surface area (Å²) in [5.41, 5.74) is 1.93. The summed E-state index contributed by atoms with van der Waals surface area (Å²) in [6, 6.07) is 8.47. The number of hydrogen-bond donors (Lipinski definition) is 2. The van der Waals surface area contributed by atoms with E-state index in [4.69, 9.17) is 4.74 Å². The number of amides is 1. The molecule has 0 aliphatic carbocycles. The van der Waals surface area contributed by atoms with Crippen LogP contribution in [0.5, 0.6) is 0 Å². The van der Waals surface area contributed by atoms with Gasteiger partial charge < -0.3 is 20.3 Å². The van der Waals surface area contributed by atoms with Gasteiger partial charge in [0.05, 0.1) is 13.2 Å². The molecule has 0 aromatic heterocycles. The molecule has 8 heteroatoms. The number of aliphatic imine (C=N–C) groups is 1. The number of guanidine groups is 1. The predicted octanol–water partition coefficient (Wildman–Crippen LogP) is 1.74. The summed E-state index contributed by atoms with van der Waals surface area (Å²) in [6.45, 7) is 7.96. The Labute approximate surface area is 178 Å². The molecule has 2 fully saturated rings. The average molecular weight is 487 g/mol. The molecule has 3 rings (SSSR count). The fourth-order valence-electron chi connectivity index (χ4n) is 3.65. The Morgan fingerprint density at radius 3 is 2.78 bits per heavy atom. The van der Waals surface area contributed by atoms with Gasteiger partial charge in [0, 0.05) is 58.4 Å². The Bertz CT molecular complexity index is 649. The molecule has 1 unspecified atom stereocenters. The number of carbonyl (C=O) groups is 1. The van der Waals surface area contributed by atoms with Crippen LogP contribution in [0.25, 0.3) is 0 Å². The summed E-state index contributed by atoms with van der Waals surface area (Å²) in [5.74, 6) is 0.878. The zero-order chi connectivity index (χ0) is 18.4. The Balaban J connectivity index is 0.00000261. The van der Waals surface area contributed by atoms with E-state index >= 15 is 0 Å². The number of nitrogens with one attached hydrogen (secondary N) is 2. The number of morpholine rings is 1. The van der Waals surface area contributed by atoms with Crippen molar-refractivity contribution in [3.05, 3.63) is 29.8 Å². The summed E-state index contributed by atoms with van der Waals surface area (Å²) in [5, 5.41) is 6.27. The van der Waals surface area contributed by atoms with Crippen molar-refractivity contribution in [2.75, 3.05) is 51.8 Å². The minimum atomic E-state index is -0.0582. The van der Waals surface area contributed by atoms with Crippen LogP contribution in [0.3, 0.4) is 0 Å². The quantitative estimate of drug-likeness (QED) is 0.385. The molecule has 1 aromatic carbocycles. The zero-order valence-corrected chi connectivity index (χ0v) is 18.4. The minimum Gasteiger partial charge on any atom is -0.379 e. The van der Waals surface area contributed by atoms with Gasteiger partial charge in [-0.2, -0.15) is 0 Å². The molecule has 0 saturated carbocycles. The summed E-state index contributed by atoms with van der Waals surface area (Å²) in [4.78, 5) is 20.5. The van der Waals surface area contributed by atoms with Crippen LogP contribution in [0.2, 0.25) is 0 Å². The maximum absolute atomic E-state index is 11.2. The van der Waals surface area contributed by atoms with E-state index in [1.54, 1.807) is 0 Å². The third-order valence-electron chi connectivity index (χ3n) is 4.93. The van der Waals surface area contributed by atoms with Crippen LogP contribution < -0.4 is 10.6 Å². The number of halogens is 1. The number of ether oxygens (including phenoxy) is 1. The third-order valence-corrected chi connectivity index (χ3v) is 4.93. The van der Waals surface area contributed by atoms with Crippen LogP contribution in [0, 0.1) is 0 Å². The Kier molecular flexibility index (Phi) is 8.78. The van der Waals surface area contributed by atoms with Gasteiger partial charge in [-0.3, -0.25) is 14.7 Å². The third kappa shape index (κ3) is 6.32. The fraction of sp³-hybridized carbons (Fsp3) is 0.579. The number of anilines is 1. The van der Waals surface area contributed by atoms with Crippen LogP contribution in [0.4, 0.5) is 5.69 Å². The van der Waals surface area contributed by atoms with Gasteiger partial charge in [0.1, 0.15) is 0 Å². The fourth-order valence-corrected chi connectivity index (χ4v) is 3.65. The minimum absolute atomic E-state index is 0. The summed E-state index contributed by atoms with van der Waals surface area (Å²) >= 11 is 0. The van der Waals surface area contributed by atoms with Crippen molar-refractivity contribution in [3.8, 4) is 0 Å². The Morgan fingerprint density at radius 2 is 2.07 bits per heavy atom. The molecule has 1 amide bonds. The second-order valence-corrected chi connectivity index (χ2v) is 6.82. The first-order chi connectivity index (χ1) is 12.7. The van der Waals surface area contributed by atoms with Crippen molar-refractivity contribution in [1.82, 2.24) is 15.1 Å². The Morgan fingerprint density at radius 1 is 1.30 bits per heavy atom. The molecule has 0 radical (unpaired) electrons. The van der Waals surface area contributed by atoms with E-state index in [1.807, 2.05) is 31.3 Å². The van der Waals surface area contributed by atoms with E-state index in [-0.39, 0.29) is 29.9 Å². The van der Waals surface area contributed by atoms with E-state index in [0.717, 1.165) is 56.6 Å². The van der Waals surface area contributed by atoms with Crippen molar-refractivity contribution >= 4 is 41.5 Å². The van der Waals surface area contributed by atoms with Gasteiger partial charge in [-0.1, -0.05) is 12.1 Å². The van der Waals surface area contributed by atoms with E-state index in [1.165, 1.54) is 13.3 Å². The molecule has 1 aromatic rings. The van der Waals surface area contributed by atoms with Gasteiger partial charge in [-0.15, -0.1) is 24.0 Å². The van der Waals surface area contributed by atoms with Crippen LogP contribution in [0.15, 0.2) is 29.3 Å². The maximum Gasteiger partial charge on any atom is 0.221 e. The maximum atomic E-state index is 11.2. The van der Waals surface area contributed by atoms with Crippen molar-refractivity contribution in [3.63, 3.8) is 0 Å². The zero-order valence-electron chi connectivity index (χ0n) is 16.1. The van der Waals surface area contributed by atoms with E-state index in [0.29, 0.717) is 12.6 Å². The second kappa shape index (κ2) is 10.8. The van der Waals surface area contributed by atoms with E-state index in [2.05, 4.69) is 25.4 Å². The number of nitrogens with zero attached hydrogens (tertiary/aromatic N) is 3. The number of rotatable bonds is 4. The monoisotopic (exact) mass is 487 g/mol. The first-order valence-electron chi connectivity index (χ1n) is 9.29. The van der Waals surface area contributed by atoms with E-state index in [9.17, 15) is 4.79 Å². The summed E-state index contributed by atoms with van der Waals surface area (Å²) in [7, 11) is 1.83. The van der Waals surface area contributed by atoms with Crippen molar-refractivity contribution in [1.29, 1.82) is 0 Å². The molecule has 2 heterocycles. The molecule has 7 nitrogen and oxygen atoms in total. The number of benzene rings is 1. The van der Waals surface area contributed by atoms with Gasteiger partial charge in [0.2, 0.25) is 5.91 Å². The molecule has 2 aliphatic heterocycles. The normalized spacial score (nSPS) is 20.9. The largest absolute Gasteiger partial charge is 0.379 e. The van der Waals surface area contributed by atoms with Crippen LogP contribution in [0.1, 0.15) is 18.9 Å². The summed E-state index contributed by atoms with van der Waals surface area (Å²) < 4.78 is 5.46. The lowest BCUT2D eigenvalue weighted by Gasteiger charge is -2.32. The van der Waals surface area contributed by atoms with Crippen molar-refractivity contribution in [2.24, 2.45) is 4.99 Å². The molecule has 2 aliphatic rings. The van der Waals surface area contributed by atoms with Crippen LogP contribution in [-0.2, 0) is 16.1 Å². The van der Waals surface area contributed by atoms with E-state index < -0.39 is 0 Å². The van der Waals surface area contributed by atoms with Crippen molar-refractivity contribution in [2.45, 2.75) is 25.9 Å². The highest BCUT2D eigenvalue weighted by Gasteiger charge is 2.30. The lowest BCUT2D eigenvalue weighted by Crippen LogP contribution is -2.46. The van der Waals surface area contributed by atoms with Gasteiger partial charge >= 0.3 is 0 Å². The average Bonchev–Trinajstić information content (AvgIpc) is 3.13. The molecule has 150 valence electrons. The Hall–Kier alpha value is -1.39. The van der Waals surface area contributed by atoms with Crippen molar-refractivity contribution < 1.29 is 9.53 Å². The lowest BCUT2D eigenvalue weighted by atomic mass is 10.2. The molecule has 0 spiro atoms. The van der Waals surface area contributed by atoms with Gasteiger partial charge in [0.15, 0.2) is 5.96 Å².